The molecule has 1 unspecified atom stereocenters. The second-order valence-corrected chi connectivity index (χ2v) is 6.69. The van der Waals surface area contributed by atoms with Gasteiger partial charge in [-0.15, -0.1) is 0 Å². The lowest BCUT2D eigenvalue weighted by molar-refractivity contribution is 0.0794. The Hall–Kier alpha value is -0.0600. The predicted octanol–water partition coefficient (Wildman–Crippen LogP) is 4.35. The summed E-state index contributed by atoms with van der Waals surface area (Å²) in [6.45, 7) is 2.76. The maximum absolute atomic E-state index is 12.1. The van der Waals surface area contributed by atoms with Crippen LogP contribution in [0.5, 0.6) is 0 Å². The molecule has 0 radical (unpaired) electrons. The van der Waals surface area contributed by atoms with E-state index in [-0.39, 0.29) is 5.91 Å². The van der Waals surface area contributed by atoms with Crippen molar-refractivity contribution < 1.29 is 4.79 Å². The topological polar surface area (TPSA) is 20.3 Å². The van der Waals surface area contributed by atoms with Crippen LogP contribution in [0.3, 0.4) is 0 Å². The van der Waals surface area contributed by atoms with E-state index in [1.807, 2.05) is 12.1 Å². The highest BCUT2D eigenvalue weighted by Gasteiger charge is 2.16. The molecular weight excluding hydrogens is 369 g/mol. The van der Waals surface area contributed by atoms with E-state index < -0.39 is 0 Å². The van der Waals surface area contributed by atoms with E-state index in [2.05, 4.69) is 38.8 Å². The molecule has 1 atom stereocenters. The van der Waals surface area contributed by atoms with Crippen LogP contribution in [-0.2, 0) is 0 Å². The molecule has 0 aliphatic heterocycles. The summed E-state index contributed by atoms with van der Waals surface area (Å²) in [5.41, 5.74) is 0.533. The first-order valence-corrected chi connectivity index (χ1v) is 7.35. The number of halogens is 3. The Balaban J connectivity index is 2.78. The molecule has 0 spiro atoms. The molecule has 1 amide bonds. The van der Waals surface area contributed by atoms with Crippen molar-refractivity contribution in [2.24, 2.45) is 0 Å². The molecule has 2 nitrogen and oxygen atoms in total. The minimum Gasteiger partial charge on any atom is -0.342 e. The lowest BCUT2D eigenvalue weighted by atomic mass is 10.2. The zero-order valence-electron chi connectivity index (χ0n) is 9.71. The summed E-state index contributed by atoms with van der Waals surface area (Å²) >= 11 is 12.9. The fourth-order valence-electron chi connectivity index (χ4n) is 1.35. The summed E-state index contributed by atoms with van der Waals surface area (Å²) in [6.07, 6.45) is 0.911. The molecule has 1 rings (SSSR count). The maximum atomic E-state index is 12.1. The van der Waals surface area contributed by atoms with Gasteiger partial charge in [0.1, 0.15) is 0 Å². The van der Waals surface area contributed by atoms with Crippen LogP contribution in [0, 0.1) is 0 Å². The molecule has 0 fully saturated rings. The number of rotatable bonds is 4. The van der Waals surface area contributed by atoms with Gasteiger partial charge in [0, 0.05) is 22.9 Å². The van der Waals surface area contributed by atoms with Crippen molar-refractivity contribution in [2.45, 2.75) is 18.2 Å². The highest BCUT2D eigenvalue weighted by atomic mass is 79.9. The Kier molecular flexibility index (Phi) is 5.97. The van der Waals surface area contributed by atoms with Gasteiger partial charge in [0.05, 0.1) is 10.6 Å². The number of hydrogen-bond acceptors (Lipinski definition) is 1. The van der Waals surface area contributed by atoms with Crippen molar-refractivity contribution >= 4 is 49.4 Å². The minimum atomic E-state index is -0.0514. The molecule has 0 bridgehead atoms. The molecule has 1 aromatic rings. The third kappa shape index (κ3) is 4.27. The zero-order valence-corrected chi connectivity index (χ0v) is 13.6. The fraction of sp³-hybridized carbons (Fsp3) is 0.417. The Labute approximate surface area is 124 Å². The van der Waals surface area contributed by atoms with Crippen LogP contribution in [0.25, 0.3) is 0 Å². The van der Waals surface area contributed by atoms with Gasteiger partial charge < -0.3 is 4.90 Å². The van der Waals surface area contributed by atoms with Gasteiger partial charge in [0.2, 0.25) is 0 Å². The first kappa shape index (κ1) is 15.0. The molecule has 94 valence electrons. The van der Waals surface area contributed by atoms with Crippen molar-refractivity contribution in [3.63, 3.8) is 0 Å². The second kappa shape index (κ2) is 6.76. The SMILES string of the molecule is CC(Br)CCN(C)C(=O)c1cccc(Br)c1Cl. The summed E-state index contributed by atoms with van der Waals surface area (Å²) in [4.78, 5) is 14.2. The molecule has 0 saturated carbocycles. The predicted molar refractivity (Wildman–Crippen MR) is 79.1 cm³/mol. The second-order valence-electron chi connectivity index (χ2n) is 3.90. The van der Waals surface area contributed by atoms with Crippen LogP contribution in [0.15, 0.2) is 22.7 Å². The van der Waals surface area contributed by atoms with Gasteiger partial charge in [0.25, 0.3) is 5.91 Å². The van der Waals surface area contributed by atoms with E-state index in [9.17, 15) is 4.79 Å². The number of carbonyl (C=O) groups excluding carboxylic acids is 1. The number of alkyl halides is 1. The van der Waals surface area contributed by atoms with E-state index in [1.54, 1.807) is 18.0 Å². The summed E-state index contributed by atoms with van der Waals surface area (Å²) in [5, 5.41) is 0.469. The van der Waals surface area contributed by atoms with Gasteiger partial charge in [-0.05, 0) is 34.5 Å². The highest BCUT2D eigenvalue weighted by molar-refractivity contribution is 9.10. The maximum Gasteiger partial charge on any atom is 0.255 e. The summed E-state index contributed by atoms with van der Waals surface area (Å²) < 4.78 is 0.743. The molecule has 0 N–H and O–H groups in total. The van der Waals surface area contributed by atoms with Crippen molar-refractivity contribution in [1.29, 1.82) is 0 Å². The monoisotopic (exact) mass is 381 g/mol. The zero-order chi connectivity index (χ0) is 13.0. The van der Waals surface area contributed by atoms with Crippen molar-refractivity contribution in [1.82, 2.24) is 4.90 Å². The van der Waals surface area contributed by atoms with E-state index in [0.717, 1.165) is 10.9 Å². The number of benzene rings is 1. The van der Waals surface area contributed by atoms with Crippen LogP contribution in [0.2, 0.25) is 5.02 Å². The van der Waals surface area contributed by atoms with Crippen LogP contribution in [0.1, 0.15) is 23.7 Å². The first-order chi connectivity index (χ1) is 7.93. The molecule has 0 heterocycles. The number of hydrogen-bond donors (Lipinski definition) is 0. The first-order valence-electron chi connectivity index (χ1n) is 5.27. The molecular formula is C12H14Br2ClNO. The van der Waals surface area contributed by atoms with Crippen LogP contribution in [0.4, 0.5) is 0 Å². The van der Waals surface area contributed by atoms with Gasteiger partial charge in [-0.1, -0.05) is 40.5 Å². The highest BCUT2D eigenvalue weighted by Crippen LogP contribution is 2.26. The van der Waals surface area contributed by atoms with Crippen LogP contribution < -0.4 is 0 Å². The molecule has 1 aromatic carbocycles. The van der Waals surface area contributed by atoms with Crippen LogP contribution in [-0.4, -0.2) is 29.2 Å². The third-order valence-corrected chi connectivity index (χ3v) is 4.15. The Morgan fingerprint density at radius 3 is 2.76 bits per heavy atom. The number of amides is 1. The van der Waals surface area contributed by atoms with Crippen molar-refractivity contribution in [3.05, 3.63) is 33.3 Å². The summed E-state index contributed by atoms with van der Waals surface area (Å²) in [5.74, 6) is -0.0514. The van der Waals surface area contributed by atoms with Gasteiger partial charge in [-0.25, -0.2) is 0 Å². The average molecular weight is 384 g/mol. The van der Waals surface area contributed by atoms with Gasteiger partial charge >= 0.3 is 0 Å². The third-order valence-electron chi connectivity index (χ3n) is 2.39. The minimum absolute atomic E-state index is 0.0514. The Bertz CT molecular complexity index is 409. The number of carbonyl (C=O) groups is 1. The van der Waals surface area contributed by atoms with Crippen LogP contribution >= 0.6 is 43.5 Å². The van der Waals surface area contributed by atoms with E-state index in [1.165, 1.54) is 0 Å². The normalized spacial score (nSPS) is 12.3. The number of nitrogens with zero attached hydrogens (tertiary/aromatic N) is 1. The van der Waals surface area contributed by atoms with E-state index >= 15 is 0 Å². The Morgan fingerprint density at radius 1 is 1.53 bits per heavy atom. The summed E-state index contributed by atoms with van der Waals surface area (Å²) in [7, 11) is 1.79. The van der Waals surface area contributed by atoms with Gasteiger partial charge in [-0.2, -0.15) is 0 Å². The Morgan fingerprint density at radius 2 is 2.18 bits per heavy atom. The molecule has 0 aliphatic carbocycles. The van der Waals surface area contributed by atoms with Gasteiger partial charge in [0.15, 0.2) is 0 Å². The van der Waals surface area contributed by atoms with Gasteiger partial charge in [-0.3, -0.25) is 4.79 Å². The lowest BCUT2D eigenvalue weighted by Gasteiger charge is -2.18. The standard InChI is InChI=1S/C12H14Br2ClNO/c1-8(13)6-7-16(2)12(17)9-4-3-5-10(14)11(9)15/h3-5,8H,6-7H2,1-2H3. The molecule has 5 heteroatoms. The smallest absolute Gasteiger partial charge is 0.255 e. The van der Waals surface area contributed by atoms with Crippen molar-refractivity contribution in [3.8, 4) is 0 Å². The molecule has 0 aromatic heterocycles. The average Bonchev–Trinajstić information content (AvgIpc) is 2.28. The fourth-order valence-corrected chi connectivity index (χ4v) is 2.13. The molecule has 0 saturated heterocycles. The van der Waals surface area contributed by atoms with E-state index in [0.29, 0.717) is 22.0 Å². The molecule has 0 aliphatic rings. The quantitative estimate of drug-likeness (QED) is 0.708. The molecule has 17 heavy (non-hydrogen) atoms. The lowest BCUT2D eigenvalue weighted by Crippen LogP contribution is -2.29. The van der Waals surface area contributed by atoms with E-state index in [4.69, 9.17) is 11.6 Å². The van der Waals surface area contributed by atoms with Crippen molar-refractivity contribution in [2.75, 3.05) is 13.6 Å². The summed E-state index contributed by atoms with van der Waals surface area (Å²) in [6, 6.07) is 5.37. The largest absolute Gasteiger partial charge is 0.342 e.